The fourth-order valence-electron chi connectivity index (χ4n) is 2.13. The normalized spacial score (nSPS) is 10.8. The van der Waals surface area contributed by atoms with Gasteiger partial charge in [-0.1, -0.05) is 0 Å². The molecule has 0 unspecified atom stereocenters. The van der Waals surface area contributed by atoms with Gasteiger partial charge in [0.2, 0.25) is 5.95 Å². The maximum absolute atomic E-state index is 5.75. The molecular weight excluding hydrogens is 338 g/mol. The lowest BCUT2D eigenvalue weighted by Gasteiger charge is -2.13. The molecule has 2 aromatic heterocycles. The van der Waals surface area contributed by atoms with E-state index < -0.39 is 0 Å². The maximum atomic E-state index is 5.75. The molecule has 3 rings (SSSR count). The number of aromatic nitrogens is 4. The molecule has 0 spiro atoms. The van der Waals surface area contributed by atoms with Crippen LogP contribution in [0, 0.1) is 0 Å². The number of rotatable bonds is 3. The molecule has 0 saturated carbocycles. The van der Waals surface area contributed by atoms with Crippen LogP contribution in [0.2, 0.25) is 0 Å². The second kappa shape index (κ2) is 5.21. The molecule has 7 nitrogen and oxygen atoms in total. The van der Waals surface area contributed by atoms with Crippen LogP contribution >= 0.6 is 15.9 Å². The van der Waals surface area contributed by atoms with Crippen LogP contribution < -0.4 is 15.2 Å². The molecule has 108 valence electrons. The van der Waals surface area contributed by atoms with E-state index in [9.17, 15) is 0 Å². The molecule has 1 aromatic carbocycles. The Bertz CT molecular complexity index is 818. The number of halogens is 1. The number of aromatic amines is 1. The van der Waals surface area contributed by atoms with Crippen molar-refractivity contribution in [3.8, 4) is 22.8 Å². The van der Waals surface area contributed by atoms with Crippen LogP contribution in [-0.2, 0) is 0 Å². The van der Waals surface area contributed by atoms with Gasteiger partial charge in [0.05, 0.1) is 20.5 Å². The Balaban J connectivity index is 2.32. The maximum Gasteiger partial charge on any atom is 0.222 e. The smallest absolute Gasteiger partial charge is 0.222 e. The van der Waals surface area contributed by atoms with E-state index in [2.05, 4.69) is 35.9 Å². The monoisotopic (exact) mass is 349 g/mol. The number of nitrogens with two attached hydrogens (primary N) is 1. The minimum atomic E-state index is 0.151. The summed E-state index contributed by atoms with van der Waals surface area (Å²) < 4.78 is 11.4. The highest BCUT2D eigenvalue weighted by molar-refractivity contribution is 9.10. The molecule has 0 bridgehead atoms. The first-order chi connectivity index (χ1) is 10.2. The topological polar surface area (TPSA) is 98.9 Å². The highest BCUT2D eigenvalue weighted by Gasteiger charge is 2.19. The van der Waals surface area contributed by atoms with Gasteiger partial charge < -0.3 is 20.2 Å². The van der Waals surface area contributed by atoms with Gasteiger partial charge in [0, 0.05) is 5.56 Å². The second-order valence-corrected chi connectivity index (χ2v) is 4.99. The summed E-state index contributed by atoms with van der Waals surface area (Å²) in [7, 11) is 3.17. The van der Waals surface area contributed by atoms with E-state index >= 15 is 0 Å². The van der Waals surface area contributed by atoms with Gasteiger partial charge >= 0.3 is 0 Å². The van der Waals surface area contributed by atoms with Crippen LogP contribution in [0.15, 0.2) is 22.9 Å². The number of benzene rings is 1. The SMILES string of the molecule is COc1ccc(-c2nc(N)nc3nc[nH]c23)c(OC)c1Br. The number of fused-ring (bicyclic) bond motifs is 1. The average Bonchev–Trinajstić information content (AvgIpc) is 2.94. The highest BCUT2D eigenvalue weighted by Crippen LogP contribution is 2.42. The first-order valence-electron chi connectivity index (χ1n) is 6.03. The fourth-order valence-corrected chi connectivity index (χ4v) is 2.80. The predicted molar refractivity (Wildman–Crippen MR) is 82.3 cm³/mol. The minimum Gasteiger partial charge on any atom is -0.495 e. The molecule has 3 aromatic rings. The van der Waals surface area contributed by atoms with Gasteiger partial charge in [-0.25, -0.2) is 9.97 Å². The molecule has 3 N–H and O–H groups in total. The van der Waals surface area contributed by atoms with Crippen LogP contribution in [0.4, 0.5) is 5.95 Å². The van der Waals surface area contributed by atoms with Crippen molar-refractivity contribution in [2.75, 3.05) is 20.0 Å². The van der Waals surface area contributed by atoms with Crippen molar-refractivity contribution in [1.29, 1.82) is 0 Å². The van der Waals surface area contributed by atoms with Crippen molar-refractivity contribution in [2.24, 2.45) is 0 Å². The quantitative estimate of drug-likeness (QED) is 0.753. The summed E-state index contributed by atoms with van der Waals surface area (Å²) in [5.74, 6) is 1.42. The summed E-state index contributed by atoms with van der Waals surface area (Å²) >= 11 is 3.47. The summed E-state index contributed by atoms with van der Waals surface area (Å²) in [4.78, 5) is 15.5. The molecule has 0 saturated heterocycles. The van der Waals surface area contributed by atoms with Crippen LogP contribution in [0.25, 0.3) is 22.4 Å². The second-order valence-electron chi connectivity index (χ2n) is 4.19. The first-order valence-corrected chi connectivity index (χ1v) is 6.82. The van der Waals surface area contributed by atoms with Gasteiger partial charge in [0.15, 0.2) is 5.65 Å². The van der Waals surface area contributed by atoms with E-state index in [1.165, 1.54) is 0 Å². The number of hydrogen-bond acceptors (Lipinski definition) is 6. The van der Waals surface area contributed by atoms with Gasteiger partial charge in [-0.05, 0) is 28.1 Å². The molecular formula is C13H12BrN5O2. The van der Waals surface area contributed by atoms with Crippen molar-refractivity contribution in [3.05, 3.63) is 22.9 Å². The average molecular weight is 350 g/mol. The van der Waals surface area contributed by atoms with E-state index in [0.717, 1.165) is 5.56 Å². The molecule has 0 fully saturated rings. The van der Waals surface area contributed by atoms with E-state index in [1.807, 2.05) is 12.1 Å². The summed E-state index contributed by atoms with van der Waals surface area (Å²) in [6.07, 6.45) is 1.55. The van der Waals surface area contributed by atoms with E-state index in [4.69, 9.17) is 15.2 Å². The molecule has 21 heavy (non-hydrogen) atoms. The lowest BCUT2D eigenvalue weighted by Crippen LogP contribution is -2.00. The van der Waals surface area contributed by atoms with Crippen LogP contribution in [0.3, 0.4) is 0 Å². The van der Waals surface area contributed by atoms with Crippen molar-refractivity contribution >= 4 is 33.0 Å². The Hall–Kier alpha value is -2.35. The Morgan fingerprint density at radius 1 is 1.19 bits per heavy atom. The van der Waals surface area contributed by atoms with Gasteiger partial charge in [0.1, 0.15) is 27.2 Å². The van der Waals surface area contributed by atoms with Gasteiger partial charge in [0.25, 0.3) is 0 Å². The Labute approximate surface area is 128 Å². The molecule has 8 heteroatoms. The van der Waals surface area contributed by atoms with Gasteiger partial charge in [-0.3, -0.25) is 0 Å². The Morgan fingerprint density at radius 3 is 2.71 bits per heavy atom. The van der Waals surface area contributed by atoms with Crippen molar-refractivity contribution in [3.63, 3.8) is 0 Å². The third kappa shape index (κ3) is 2.17. The first kappa shape index (κ1) is 13.6. The van der Waals surface area contributed by atoms with Gasteiger partial charge in [-0.2, -0.15) is 4.98 Å². The van der Waals surface area contributed by atoms with Crippen molar-refractivity contribution in [2.45, 2.75) is 0 Å². The number of methoxy groups -OCH3 is 2. The largest absolute Gasteiger partial charge is 0.495 e. The van der Waals surface area contributed by atoms with E-state index in [0.29, 0.717) is 32.8 Å². The summed E-state index contributed by atoms with van der Waals surface area (Å²) in [6, 6.07) is 3.67. The summed E-state index contributed by atoms with van der Waals surface area (Å²) in [6.45, 7) is 0. The van der Waals surface area contributed by atoms with Gasteiger partial charge in [-0.15, -0.1) is 0 Å². The summed E-state index contributed by atoms with van der Waals surface area (Å²) in [5.41, 5.74) is 8.33. The Morgan fingerprint density at radius 2 is 2.00 bits per heavy atom. The van der Waals surface area contributed by atoms with E-state index in [-0.39, 0.29) is 5.95 Å². The molecule has 0 aliphatic carbocycles. The van der Waals surface area contributed by atoms with E-state index in [1.54, 1.807) is 20.5 Å². The zero-order chi connectivity index (χ0) is 15.0. The fraction of sp³-hybridized carbons (Fsp3) is 0.154. The predicted octanol–water partition coefficient (Wildman–Crippen LogP) is 2.38. The molecule has 0 radical (unpaired) electrons. The van der Waals surface area contributed by atoms with Crippen LogP contribution in [0.5, 0.6) is 11.5 Å². The standard InChI is InChI=1S/C13H12BrN5O2/c1-20-7-4-3-6(11(21-2)8(7)14)9-10-12(17-5-16-10)19-13(15)18-9/h3-5H,1-2H3,(H3,15,16,17,18,19). The van der Waals surface area contributed by atoms with Crippen molar-refractivity contribution < 1.29 is 9.47 Å². The molecule has 0 aliphatic heterocycles. The van der Waals surface area contributed by atoms with Crippen LogP contribution in [0.1, 0.15) is 0 Å². The number of ether oxygens (including phenoxy) is 2. The lowest BCUT2D eigenvalue weighted by molar-refractivity contribution is 0.390. The van der Waals surface area contributed by atoms with Crippen molar-refractivity contribution in [1.82, 2.24) is 19.9 Å². The number of nitrogens with zero attached hydrogens (tertiary/aromatic N) is 3. The Kier molecular flexibility index (Phi) is 3.38. The number of nitrogen functional groups attached to an aromatic ring is 1. The number of nitrogens with one attached hydrogen (secondary N) is 1. The minimum absolute atomic E-state index is 0.151. The molecule has 0 atom stereocenters. The number of hydrogen-bond donors (Lipinski definition) is 2. The third-order valence-corrected chi connectivity index (χ3v) is 3.79. The third-order valence-electron chi connectivity index (χ3n) is 3.04. The molecule has 2 heterocycles. The zero-order valence-electron chi connectivity index (χ0n) is 11.3. The number of anilines is 1. The number of H-pyrrole nitrogens is 1. The number of imidazole rings is 1. The molecule has 0 aliphatic rings. The van der Waals surface area contributed by atoms with Crippen LogP contribution in [-0.4, -0.2) is 34.2 Å². The lowest BCUT2D eigenvalue weighted by atomic mass is 10.1. The zero-order valence-corrected chi connectivity index (χ0v) is 12.9. The summed E-state index contributed by atoms with van der Waals surface area (Å²) in [5, 5.41) is 0. The highest BCUT2D eigenvalue weighted by atomic mass is 79.9. The molecule has 0 amide bonds.